The topological polar surface area (TPSA) is 69.6 Å². The van der Waals surface area contributed by atoms with Crippen molar-refractivity contribution in [1.29, 1.82) is 0 Å². The van der Waals surface area contributed by atoms with Gasteiger partial charge in [-0.05, 0) is 40.0 Å². The van der Waals surface area contributed by atoms with Gasteiger partial charge in [-0.1, -0.05) is 13.3 Å². The molecule has 0 radical (unpaired) electrons. The maximum Gasteiger partial charge on any atom is 0.326 e. The largest absolute Gasteiger partial charge is 0.480 e. The van der Waals surface area contributed by atoms with E-state index in [0.717, 1.165) is 19.3 Å². The second-order valence-electron chi connectivity index (χ2n) is 5.59. The highest BCUT2D eigenvalue weighted by Crippen LogP contribution is 2.25. The zero-order chi connectivity index (χ0) is 14.6. The van der Waals surface area contributed by atoms with Crippen molar-refractivity contribution in [3.05, 3.63) is 0 Å². The van der Waals surface area contributed by atoms with Gasteiger partial charge in [0.05, 0.1) is 6.04 Å². The van der Waals surface area contributed by atoms with Gasteiger partial charge in [-0.2, -0.15) is 0 Å². The van der Waals surface area contributed by atoms with E-state index in [9.17, 15) is 9.59 Å². The lowest BCUT2D eigenvalue weighted by molar-refractivity contribution is -0.143. The number of nitrogens with one attached hydrogen (secondary N) is 1. The van der Waals surface area contributed by atoms with Crippen molar-refractivity contribution < 1.29 is 14.7 Å². The maximum atomic E-state index is 12.2. The summed E-state index contributed by atoms with van der Waals surface area (Å²) in [6.07, 6.45) is 3.40. The van der Waals surface area contributed by atoms with Gasteiger partial charge in [0.25, 0.3) is 0 Å². The number of carboxylic acids is 1. The molecule has 0 spiro atoms. The smallest absolute Gasteiger partial charge is 0.326 e. The molecule has 0 aliphatic carbocycles. The van der Waals surface area contributed by atoms with E-state index in [0.29, 0.717) is 18.5 Å². The summed E-state index contributed by atoms with van der Waals surface area (Å²) in [6, 6.07) is -0.283. The molecular weight excluding hydrogens is 244 g/mol. The van der Waals surface area contributed by atoms with Crippen molar-refractivity contribution in [2.45, 2.75) is 77.5 Å². The van der Waals surface area contributed by atoms with Crippen LogP contribution < -0.4 is 5.32 Å². The first-order valence-electron chi connectivity index (χ1n) is 7.19. The molecule has 1 aliphatic heterocycles. The Morgan fingerprint density at radius 3 is 2.26 bits per heavy atom. The first-order valence-corrected chi connectivity index (χ1v) is 7.19. The molecule has 1 amide bonds. The summed E-state index contributed by atoms with van der Waals surface area (Å²) in [7, 11) is 0. The molecule has 0 aromatic heterocycles. The fourth-order valence-electron chi connectivity index (χ4n) is 2.95. The number of hydrogen-bond donors (Lipinski definition) is 2. The SMILES string of the molecule is CCC[C@@H](NC(=O)C(C)N1C(C)CCC1C)C(=O)O. The molecule has 0 saturated carbocycles. The molecule has 0 aromatic carbocycles. The molecule has 19 heavy (non-hydrogen) atoms. The van der Waals surface area contributed by atoms with Gasteiger partial charge in [-0.3, -0.25) is 9.69 Å². The Morgan fingerprint density at radius 1 is 1.32 bits per heavy atom. The Morgan fingerprint density at radius 2 is 1.84 bits per heavy atom. The van der Waals surface area contributed by atoms with Crippen LogP contribution in [0.4, 0.5) is 0 Å². The minimum Gasteiger partial charge on any atom is -0.480 e. The van der Waals surface area contributed by atoms with Gasteiger partial charge >= 0.3 is 5.97 Å². The van der Waals surface area contributed by atoms with E-state index in [1.54, 1.807) is 0 Å². The monoisotopic (exact) mass is 270 g/mol. The zero-order valence-electron chi connectivity index (χ0n) is 12.3. The van der Waals surface area contributed by atoms with Gasteiger partial charge < -0.3 is 10.4 Å². The fraction of sp³-hybridized carbons (Fsp3) is 0.857. The van der Waals surface area contributed by atoms with Crippen LogP contribution in [0.15, 0.2) is 0 Å². The lowest BCUT2D eigenvalue weighted by Gasteiger charge is -2.32. The molecule has 1 saturated heterocycles. The first-order chi connectivity index (χ1) is 8.88. The number of nitrogens with zero attached hydrogens (tertiary/aromatic N) is 1. The van der Waals surface area contributed by atoms with E-state index >= 15 is 0 Å². The number of carbonyl (C=O) groups is 2. The molecule has 5 nitrogen and oxygen atoms in total. The minimum atomic E-state index is -0.954. The van der Waals surface area contributed by atoms with Crippen LogP contribution >= 0.6 is 0 Å². The zero-order valence-corrected chi connectivity index (χ0v) is 12.3. The van der Waals surface area contributed by atoms with Crippen LogP contribution in [0.3, 0.4) is 0 Å². The molecule has 3 unspecified atom stereocenters. The van der Waals surface area contributed by atoms with Gasteiger partial charge in [0.1, 0.15) is 6.04 Å². The number of likely N-dealkylation sites (tertiary alicyclic amines) is 1. The van der Waals surface area contributed by atoms with Crippen molar-refractivity contribution in [2.75, 3.05) is 0 Å². The average molecular weight is 270 g/mol. The molecule has 4 atom stereocenters. The number of carbonyl (C=O) groups excluding carboxylic acids is 1. The van der Waals surface area contributed by atoms with Gasteiger partial charge in [0.2, 0.25) is 5.91 Å². The van der Waals surface area contributed by atoms with Crippen LogP contribution in [0.5, 0.6) is 0 Å². The minimum absolute atomic E-state index is 0.179. The second kappa shape index (κ2) is 6.89. The summed E-state index contributed by atoms with van der Waals surface area (Å²) in [5.74, 6) is -1.13. The van der Waals surface area contributed by atoms with E-state index in [-0.39, 0.29) is 11.9 Å². The van der Waals surface area contributed by atoms with Crippen LogP contribution in [-0.2, 0) is 9.59 Å². The molecule has 1 fully saturated rings. The molecule has 2 N–H and O–H groups in total. The number of carboxylic acid groups (broad SMARTS) is 1. The Labute approximate surface area is 115 Å². The highest BCUT2D eigenvalue weighted by atomic mass is 16.4. The quantitative estimate of drug-likeness (QED) is 0.769. The third kappa shape index (κ3) is 3.93. The molecule has 1 aliphatic rings. The standard InChI is InChI=1S/C14H26N2O3/c1-5-6-12(14(18)19)15-13(17)11(4)16-9(2)7-8-10(16)3/h9-12H,5-8H2,1-4H3,(H,15,17)(H,18,19)/t9?,10?,11?,12-/m1/s1. The molecule has 5 heteroatoms. The number of amides is 1. The lowest BCUT2D eigenvalue weighted by atomic mass is 10.1. The Kier molecular flexibility index (Phi) is 5.79. The van der Waals surface area contributed by atoms with Crippen molar-refractivity contribution in [1.82, 2.24) is 10.2 Å². The highest BCUT2D eigenvalue weighted by Gasteiger charge is 2.35. The Balaban J connectivity index is 2.63. The van der Waals surface area contributed by atoms with Gasteiger partial charge in [0.15, 0.2) is 0 Å². The molecular formula is C14H26N2O3. The third-order valence-corrected chi connectivity index (χ3v) is 4.04. The first kappa shape index (κ1) is 16.0. The van der Waals surface area contributed by atoms with Crippen LogP contribution in [-0.4, -0.2) is 46.1 Å². The van der Waals surface area contributed by atoms with Crippen molar-refractivity contribution in [3.63, 3.8) is 0 Å². The normalized spacial score (nSPS) is 26.9. The van der Waals surface area contributed by atoms with Crippen LogP contribution in [0.1, 0.15) is 53.4 Å². The average Bonchev–Trinajstić information content (AvgIpc) is 2.67. The van der Waals surface area contributed by atoms with Crippen molar-refractivity contribution >= 4 is 11.9 Å². The molecule has 110 valence electrons. The van der Waals surface area contributed by atoms with E-state index in [2.05, 4.69) is 24.1 Å². The maximum absolute atomic E-state index is 12.2. The predicted octanol–water partition coefficient (Wildman–Crippen LogP) is 1.62. The van der Waals surface area contributed by atoms with E-state index in [4.69, 9.17) is 5.11 Å². The lowest BCUT2D eigenvalue weighted by Crippen LogP contribution is -2.52. The van der Waals surface area contributed by atoms with Gasteiger partial charge in [0, 0.05) is 12.1 Å². The summed E-state index contributed by atoms with van der Waals surface area (Å²) < 4.78 is 0. The summed E-state index contributed by atoms with van der Waals surface area (Å²) in [5.41, 5.74) is 0. The van der Waals surface area contributed by atoms with E-state index in [1.807, 2.05) is 13.8 Å². The molecule has 1 heterocycles. The van der Waals surface area contributed by atoms with E-state index in [1.165, 1.54) is 0 Å². The summed E-state index contributed by atoms with van der Waals surface area (Å²) in [5, 5.41) is 11.7. The van der Waals surface area contributed by atoms with Crippen LogP contribution in [0, 0.1) is 0 Å². The number of hydrogen-bond acceptors (Lipinski definition) is 3. The van der Waals surface area contributed by atoms with Crippen LogP contribution in [0.25, 0.3) is 0 Å². The van der Waals surface area contributed by atoms with Gasteiger partial charge in [-0.25, -0.2) is 4.79 Å². The van der Waals surface area contributed by atoms with Crippen molar-refractivity contribution in [3.8, 4) is 0 Å². The fourth-order valence-corrected chi connectivity index (χ4v) is 2.95. The summed E-state index contributed by atoms with van der Waals surface area (Å²) >= 11 is 0. The number of aliphatic carboxylic acids is 1. The predicted molar refractivity (Wildman–Crippen MR) is 73.9 cm³/mol. The van der Waals surface area contributed by atoms with Crippen molar-refractivity contribution in [2.24, 2.45) is 0 Å². The molecule has 0 bridgehead atoms. The van der Waals surface area contributed by atoms with Gasteiger partial charge in [-0.15, -0.1) is 0 Å². The summed E-state index contributed by atoms with van der Waals surface area (Å²) in [4.78, 5) is 25.4. The van der Waals surface area contributed by atoms with Crippen LogP contribution in [0.2, 0.25) is 0 Å². The third-order valence-electron chi connectivity index (χ3n) is 4.04. The van der Waals surface area contributed by atoms with E-state index < -0.39 is 12.0 Å². The Hall–Kier alpha value is -1.10. The summed E-state index contributed by atoms with van der Waals surface area (Å²) in [6.45, 7) is 8.01. The number of rotatable bonds is 6. The second-order valence-corrected chi connectivity index (χ2v) is 5.59. The highest BCUT2D eigenvalue weighted by molar-refractivity contribution is 5.86. The molecule has 1 rings (SSSR count). The molecule has 0 aromatic rings. The Bertz CT molecular complexity index is 323.